The Morgan fingerprint density at radius 2 is 1.65 bits per heavy atom. The van der Waals surface area contributed by atoms with Crippen molar-refractivity contribution in [2.24, 2.45) is 4.99 Å². The molecule has 0 unspecified atom stereocenters. The van der Waals surface area contributed by atoms with Crippen LogP contribution in [0.2, 0.25) is 0 Å². The van der Waals surface area contributed by atoms with Crippen LogP contribution in [0.5, 0.6) is 0 Å². The normalized spacial score (nSPS) is 10.9. The molecule has 3 heteroatoms. The highest BCUT2D eigenvalue weighted by Crippen LogP contribution is 2.22. The van der Waals surface area contributed by atoms with Crippen LogP contribution in [-0.4, -0.2) is 19.3 Å². The Kier molecular flexibility index (Phi) is 5.24. The second-order valence-electron chi connectivity index (χ2n) is 4.51. The largest absolute Gasteiger partial charge is 0.372 e. The van der Waals surface area contributed by atoms with Crippen LogP contribution >= 0.6 is 12.6 Å². The topological polar surface area (TPSA) is 15.6 Å². The van der Waals surface area contributed by atoms with Gasteiger partial charge < -0.3 is 4.90 Å². The van der Waals surface area contributed by atoms with Gasteiger partial charge in [-0.15, -0.1) is 12.6 Å². The van der Waals surface area contributed by atoms with Crippen LogP contribution in [0.3, 0.4) is 0 Å². The van der Waals surface area contributed by atoms with Crippen molar-refractivity contribution >= 4 is 30.2 Å². The molecule has 0 saturated heterocycles. The molecule has 2 aromatic carbocycles. The predicted octanol–water partition coefficient (Wildman–Crippen LogP) is 4.57. The van der Waals surface area contributed by atoms with E-state index in [-0.39, 0.29) is 0 Å². The number of thiol groups is 1. The molecule has 2 aromatic rings. The first kappa shape index (κ1) is 14.7. The van der Waals surface area contributed by atoms with E-state index in [4.69, 9.17) is 0 Å². The Morgan fingerprint density at radius 3 is 2.25 bits per heavy atom. The lowest BCUT2D eigenvalue weighted by molar-refractivity contribution is 0.866. The van der Waals surface area contributed by atoms with Gasteiger partial charge in [0.1, 0.15) is 0 Å². The lowest BCUT2D eigenvalue weighted by Crippen LogP contribution is -2.21. The van der Waals surface area contributed by atoms with Crippen molar-refractivity contribution in [1.29, 1.82) is 0 Å². The second-order valence-corrected chi connectivity index (χ2v) is 4.99. The van der Waals surface area contributed by atoms with Gasteiger partial charge in [-0.25, -0.2) is 0 Å². The predicted molar refractivity (Wildman–Crippen MR) is 91.0 cm³/mol. The third-order valence-electron chi connectivity index (χ3n) is 3.26. The molecule has 0 bridgehead atoms. The Labute approximate surface area is 126 Å². The summed E-state index contributed by atoms with van der Waals surface area (Å²) in [6, 6.07) is 16.3. The maximum atomic E-state index is 4.48. The van der Waals surface area contributed by atoms with Gasteiger partial charge in [0.15, 0.2) is 0 Å². The van der Waals surface area contributed by atoms with Crippen LogP contribution in [0.1, 0.15) is 19.4 Å². The molecule has 0 fully saturated rings. The van der Waals surface area contributed by atoms with Gasteiger partial charge in [-0.2, -0.15) is 0 Å². The molecule has 0 aliphatic rings. The van der Waals surface area contributed by atoms with E-state index in [0.29, 0.717) is 0 Å². The highest BCUT2D eigenvalue weighted by Gasteiger charge is 2.00. The molecule has 0 N–H and O–H groups in total. The summed E-state index contributed by atoms with van der Waals surface area (Å²) in [7, 11) is 0. The van der Waals surface area contributed by atoms with E-state index >= 15 is 0 Å². The summed E-state index contributed by atoms with van der Waals surface area (Å²) in [6.45, 7) is 6.39. The van der Waals surface area contributed by atoms with E-state index in [2.05, 4.69) is 60.6 Å². The van der Waals surface area contributed by atoms with Crippen LogP contribution in [0.25, 0.3) is 0 Å². The summed E-state index contributed by atoms with van der Waals surface area (Å²) in [4.78, 5) is 7.69. The molecule has 0 aromatic heterocycles. The zero-order valence-corrected chi connectivity index (χ0v) is 12.8. The molecular formula is C17H20N2S. The fourth-order valence-electron chi connectivity index (χ4n) is 2.08. The van der Waals surface area contributed by atoms with Crippen molar-refractivity contribution in [3.05, 3.63) is 54.1 Å². The van der Waals surface area contributed by atoms with Gasteiger partial charge in [0.2, 0.25) is 0 Å². The number of para-hydroxylation sites is 1. The average molecular weight is 284 g/mol. The molecule has 2 rings (SSSR count). The number of nitrogens with zero attached hydrogens (tertiary/aromatic N) is 2. The zero-order chi connectivity index (χ0) is 14.4. The molecule has 0 radical (unpaired) electrons. The highest BCUT2D eigenvalue weighted by molar-refractivity contribution is 7.80. The number of benzene rings is 2. The van der Waals surface area contributed by atoms with Crippen molar-refractivity contribution in [1.82, 2.24) is 0 Å². The van der Waals surface area contributed by atoms with Crippen LogP contribution in [0.4, 0.5) is 11.4 Å². The van der Waals surface area contributed by atoms with Gasteiger partial charge in [-0.05, 0) is 43.7 Å². The molecule has 0 atom stereocenters. The van der Waals surface area contributed by atoms with Crippen molar-refractivity contribution in [3.8, 4) is 0 Å². The Balaban J connectivity index is 2.13. The van der Waals surface area contributed by atoms with Crippen LogP contribution < -0.4 is 4.90 Å². The zero-order valence-electron chi connectivity index (χ0n) is 12.0. The van der Waals surface area contributed by atoms with Gasteiger partial charge in [-0.3, -0.25) is 4.99 Å². The molecule has 0 saturated carbocycles. The standard InChI is InChI=1S/C17H20N2S/c1-3-19(4-2)15-11-9-14(10-12-15)13-18-16-7-5-6-8-17(16)20/h5-13,20H,3-4H2,1-2H3. The van der Waals surface area contributed by atoms with E-state index in [1.807, 2.05) is 30.5 Å². The number of hydrogen-bond acceptors (Lipinski definition) is 3. The molecule has 104 valence electrons. The van der Waals surface area contributed by atoms with Crippen molar-refractivity contribution in [3.63, 3.8) is 0 Å². The summed E-state index contributed by atoms with van der Waals surface area (Å²) in [6.07, 6.45) is 1.88. The van der Waals surface area contributed by atoms with E-state index in [0.717, 1.165) is 29.2 Å². The molecule has 0 heterocycles. The molecule has 20 heavy (non-hydrogen) atoms. The fourth-order valence-corrected chi connectivity index (χ4v) is 2.30. The van der Waals surface area contributed by atoms with Gasteiger partial charge in [0.05, 0.1) is 5.69 Å². The Hall–Kier alpha value is -1.74. The van der Waals surface area contributed by atoms with Gasteiger partial charge >= 0.3 is 0 Å². The highest BCUT2D eigenvalue weighted by atomic mass is 32.1. The third kappa shape index (κ3) is 3.64. The number of hydrogen-bond donors (Lipinski definition) is 1. The van der Waals surface area contributed by atoms with Crippen molar-refractivity contribution < 1.29 is 0 Å². The minimum Gasteiger partial charge on any atom is -0.372 e. The summed E-state index contributed by atoms with van der Waals surface area (Å²) in [5.74, 6) is 0. The third-order valence-corrected chi connectivity index (χ3v) is 3.63. The Bertz CT molecular complexity index is 572. The molecule has 0 spiro atoms. The molecule has 0 aliphatic heterocycles. The van der Waals surface area contributed by atoms with Gasteiger partial charge in [-0.1, -0.05) is 24.3 Å². The molecule has 0 amide bonds. The van der Waals surface area contributed by atoms with Crippen molar-refractivity contribution in [2.75, 3.05) is 18.0 Å². The van der Waals surface area contributed by atoms with E-state index in [1.165, 1.54) is 5.69 Å². The summed E-state index contributed by atoms with van der Waals surface area (Å²) in [5, 5.41) is 0. The first-order chi connectivity index (χ1) is 9.74. The first-order valence-electron chi connectivity index (χ1n) is 6.91. The second kappa shape index (κ2) is 7.15. The maximum Gasteiger partial charge on any atom is 0.0763 e. The number of aliphatic imine (C=N–C) groups is 1. The van der Waals surface area contributed by atoms with Crippen LogP contribution in [0, 0.1) is 0 Å². The minimum atomic E-state index is 0.892. The van der Waals surface area contributed by atoms with Crippen molar-refractivity contribution in [2.45, 2.75) is 18.7 Å². The first-order valence-corrected chi connectivity index (χ1v) is 7.36. The van der Waals surface area contributed by atoms with Gasteiger partial charge in [0, 0.05) is 29.9 Å². The summed E-state index contributed by atoms with van der Waals surface area (Å²) < 4.78 is 0. The average Bonchev–Trinajstić information content (AvgIpc) is 2.49. The summed E-state index contributed by atoms with van der Waals surface area (Å²) in [5.41, 5.74) is 3.24. The number of anilines is 1. The monoisotopic (exact) mass is 284 g/mol. The molecule has 0 aliphatic carbocycles. The SMILES string of the molecule is CCN(CC)c1ccc(C=Nc2ccccc2S)cc1. The lowest BCUT2D eigenvalue weighted by Gasteiger charge is -2.20. The Morgan fingerprint density at radius 1 is 1.00 bits per heavy atom. The maximum absolute atomic E-state index is 4.48. The molecule has 2 nitrogen and oxygen atoms in total. The number of rotatable bonds is 5. The minimum absolute atomic E-state index is 0.892. The summed E-state index contributed by atoms with van der Waals surface area (Å²) >= 11 is 4.39. The van der Waals surface area contributed by atoms with E-state index in [1.54, 1.807) is 0 Å². The van der Waals surface area contributed by atoms with Crippen LogP contribution in [0.15, 0.2) is 58.4 Å². The molecular weight excluding hydrogens is 264 g/mol. The quantitative estimate of drug-likeness (QED) is 0.628. The van der Waals surface area contributed by atoms with Crippen LogP contribution in [-0.2, 0) is 0 Å². The van der Waals surface area contributed by atoms with E-state index < -0.39 is 0 Å². The fraction of sp³-hybridized carbons (Fsp3) is 0.235. The van der Waals surface area contributed by atoms with E-state index in [9.17, 15) is 0 Å². The lowest BCUT2D eigenvalue weighted by atomic mass is 10.2. The smallest absolute Gasteiger partial charge is 0.0763 e. The van der Waals surface area contributed by atoms with Gasteiger partial charge in [0.25, 0.3) is 0 Å².